The van der Waals surface area contributed by atoms with Crippen LogP contribution in [0.3, 0.4) is 0 Å². The van der Waals surface area contributed by atoms with E-state index in [4.69, 9.17) is 16.8 Å². The van der Waals surface area contributed by atoms with Gasteiger partial charge in [0.05, 0.1) is 0 Å². The maximum atomic E-state index is 8.49. The van der Waals surface area contributed by atoms with Gasteiger partial charge in [-0.2, -0.15) is 0 Å². The molecule has 0 atom stereocenters. The maximum absolute atomic E-state index is 8.49. The Morgan fingerprint density at radius 1 is 1.18 bits per heavy atom. The van der Waals surface area contributed by atoms with Crippen LogP contribution < -0.4 is 0 Å². The quantitative estimate of drug-likeness (QED) is 0.504. The van der Waals surface area contributed by atoms with Gasteiger partial charge in [0.15, 0.2) is 0 Å². The Morgan fingerprint density at radius 2 is 1.94 bits per heavy atom. The highest BCUT2D eigenvalue weighted by Crippen LogP contribution is 2.08. The molecule has 0 fully saturated rings. The van der Waals surface area contributed by atoms with Crippen molar-refractivity contribution in [1.29, 1.82) is 0 Å². The molecule has 0 aliphatic rings. The summed E-state index contributed by atoms with van der Waals surface area (Å²) in [5, 5.41) is 11.6. The average Bonchev–Trinajstić information content (AvgIpc) is 2.77. The largest absolute Gasteiger partial charge is 0.410 e. The minimum atomic E-state index is 0.197. The lowest BCUT2D eigenvalue weighted by molar-refractivity contribution is 0.319. The van der Waals surface area contributed by atoms with Gasteiger partial charge in [-0.25, -0.2) is 0 Å². The zero-order valence-corrected chi connectivity index (χ0v) is 10.0. The van der Waals surface area contributed by atoms with Gasteiger partial charge < -0.3 is 9.77 Å². The summed E-state index contributed by atoms with van der Waals surface area (Å²) in [6.45, 7) is 0.828. The molecule has 2 aromatic rings. The lowest BCUT2D eigenvalue weighted by Crippen LogP contribution is -1.97. The van der Waals surface area contributed by atoms with Gasteiger partial charge in [-0.1, -0.05) is 47.1 Å². The second-order valence-electron chi connectivity index (χ2n) is 3.83. The molecule has 4 heteroatoms. The van der Waals surface area contributed by atoms with Gasteiger partial charge in [0.25, 0.3) is 0 Å². The van der Waals surface area contributed by atoms with E-state index in [1.807, 2.05) is 36.7 Å². The lowest BCUT2D eigenvalue weighted by atomic mass is 10.2. The van der Waals surface area contributed by atoms with Crippen molar-refractivity contribution < 1.29 is 5.21 Å². The number of oxime groups is 1. The molecule has 0 saturated heterocycles. The number of hydrogen-bond acceptors (Lipinski definition) is 2. The lowest BCUT2D eigenvalue weighted by Gasteiger charge is -2.02. The molecule has 17 heavy (non-hydrogen) atoms. The van der Waals surface area contributed by atoms with Gasteiger partial charge in [-0.05, 0) is 17.2 Å². The van der Waals surface area contributed by atoms with E-state index in [0.29, 0.717) is 6.42 Å². The van der Waals surface area contributed by atoms with Crippen molar-refractivity contribution in [3.63, 3.8) is 0 Å². The molecule has 1 heterocycles. The van der Waals surface area contributed by atoms with Crippen LogP contribution in [-0.4, -0.2) is 14.9 Å². The zero-order chi connectivity index (χ0) is 12.1. The molecule has 0 saturated carbocycles. The first kappa shape index (κ1) is 11.7. The fourth-order valence-corrected chi connectivity index (χ4v) is 1.85. The number of nitrogens with zero attached hydrogens (tertiary/aromatic N) is 2. The third kappa shape index (κ3) is 3.36. The second kappa shape index (κ2) is 5.55. The monoisotopic (exact) mass is 248 g/mol. The molecule has 2 rings (SSSR count). The van der Waals surface area contributed by atoms with E-state index in [9.17, 15) is 0 Å². The predicted octanol–water partition coefficient (Wildman–Crippen LogP) is 3.11. The van der Waals surface area contributed by atoms with Gasteiger partial charge in [0, 0.05) is 25.4 Å². The van der Waals surface area contributed by atoms with Gasteiger partial charge in [0.1, 0.15) is 5.17 Å². The Kier molecular flexibility index (Phi) is 3.83. The average molecular weight is 249 g/mol. The van der Waals surface area contributed by atoms with Crippen molar-refractivity contribution in [3.05, 3.63) is 59.9 Å². The van der Waals surface area contributed by atoms with Crippen LogP contribution in [0, 0.1) is 0 Å². The highest BCUT2D eigenvalue weighted by Gasteiger charge is 2.01. The van der Waals surface area contributed by atoms with E-state index in [1.54, 1.807) is 0 Å². The molecular weight excluding hydrogens is 236 g/mol. The highest BCUT2D eigenvalue weighted by atomic mass is 35.5. The van der Waals surface area contributed by atoms with Crippen LogP contribution in [0.25, 0.3) is 0 Å². The topological polar surface area (TPSA) is 37.5 Å². The molecule has 1 aromatic carbocycles. The second-order valence-corrected chi connectivity index (χ2v) is 4.27. The molecule has 88 valence electrons. The van der Waals surface area contributed by atoms with Crippen LogP contribution in [0.5, 0.6) is 0 Å². The normalized spacial score (nSPS) is 11.7. The highest BCUT2D eigenvalue weighted by molar-refractivity contribution is 6.65. The molecule has 0 aliphatic carbocycles. The van der Waals surface area contributed by atoms with Crippen molar-refractivity contribution in [1.82, 2.24) is 4.57 Å². The van der Waals surface area contributed by atoms with Crippen LogP contribution >= 0.6 is 11.6 Å². The number of hydrogen-bond donors (Lipinski definition) is 1. The van der Waals surface area contributed by atoms with E-state index in [1.165, 1.54) is 5.56 Å². The first-order valence-electron chi connectivity index (χ1n) is 5.33. The van der Waals surface area contributed by atoms with Crippen LogP contribution in [0.15, 0.2) is 53.9 Å². The van der Waals surface area contributed by atoms with Gasteiger partial charge >= 0.3 is 0 Å². The number of benzene rings is 1. The molecule has 0 aliphatic heterocycles. The van der Waals surface area contributed by atoms with E-state index < -0.39 is 0 Å². The maximum Gasteiger partial charge on any atom is 0.149 e. The number of aromatic nitrogens is 1. The molecule has 0 amide bonds. The van der Waals surface area contributed by atoms with Crippen molar-refractivity contribution in [2.75, 3.05) is 0 Å². The summed E-state index contributed by atoms with van der Waals surface area (Å²) in [6.07, 6.45) is 4.45. The Morgan fingerprint density at radius 3 is 2.65 bits per heavy atom. The van der Waals surface area contributed by atoms with Crippen molar-refractivity contribution in [2.24, 2.45) is 5.16 Å². The smallest absolute Gasteiger partial charge is 0.149 e. The fourth-order valence-electron chi connectivity index (χ4n) is 1.69. The summed E-state index contributed by atoms with van der Waals surface area (Å²) in [6, 6.07) is 12.2. The standard InChI is InChI=1S/C13H13ClN2O/c14-13(15-17)8-12-6-7-16(10-12)9-11-4-2-1-3-5-11/h1-7,10,17H,8-9H2. The first-order valence-corrected chi connectivity index (χ1v) is 5.71. The summed E-state index contributed by atoms with van der Waals surface area (Å²) in [5.74, 6) is 0. The molecule has 1 aromatic heterocycles. The summed E-state index contributed by atoms with van der Waals surface area (Å²) in [5.41, 5.74) is 2.28. The molecular formula is C13H13ClN2O. The number of halogens is 1. The van der Waals surface area contributed by atoms with E-state index in [2.05, 4.69) is 21.9 Å². The molecule has 3 nitrogen and oxygen atoms in total. The third-order valence-corrected chi connectivity index (χ3v) is 2.69. The van der Waals surface area contributed by atoms with Gasteiger partial charge in [-0.15, -0.1) is 0 Å². The SMILES string of the molecule is ON=C(Cl)Cc1ccn(Cc2ccccc2)c1. The zero-order valence-electron chi connectivity index (χ0n) is 9.25. The predicted molar refractivity (Wildman–Crippen MR) is 68.8 cm³/mol. The molecule has 1 N–H and O–H groups in total. The van der Waals surface area contributed by atoms with Crippen LogP contribution in [0.2, 0.25) is 0 Å². The molecule has 0 bridgehead atoms. The van der Waals surface area contributed by atoms with Crippen molar-refractivity contribution in [3.8, 4) is 0 Å². The Labute approximate surface area is 105 Å². The minimum Gasteiger partial charge on any atom is -0.410 e. The van der Waals surface area contributed by atoms with E-state index in [-0.39, 0.29) is 5.17 Å². The summed E-state index contributed by atoms with van der Waals surface area (Å²) >= 11 is 5.66. The van der Waals surface area contributed by atoms with E-state index >= 15 is 0 Å². The van der Waals surface area contributed by atoms with Gasteiger partial charge in [-0.3, -0.25) is 0 Å². The van der Waals surface area contributed by atoms with Gasteiger partial charge in [0.2, 0.25) is 0 Å². The number of rotatable bonds is 4. The Balaban J connectivity index is 2.04. The summed E-state index contributed by atoms with van der Waals surface area (Å²) in [7, 11) is 0. The summed E-state index contributed by atoms with van der Waals surface area (Å²) < 4.78 is 2.08. The Bertz CT molecular complexity index is 505. The van der Waals surface area contributed by atoms with Crippen molar-refractivity contribution in [2.45, 2.75) is 13.0 Å². The van der Waals surface area contributed by atoms with Crippen molar-refractivity contribution >= 4 is 16.8 Å². The summed E-state index contributed by atoms with van der Waals surface area (Å²) in [4.78, 5) is 0. The Hall–Kier alpha value is -1.74. The van der Waals surface area contributed by atoms with Crippen LogP contribution in [0.1, 0.15) is 11.1 Å². The third-order valence-electron chi connectivity index (χ3n) is 2.48. The fraction of sp³-hybridized carbons (Fsp3) is 0.154. The minimum absolute atomic E-state index is 0.197. The molecule has 0 spiro atoms. The van der Waals surface area contributed by atoms with Crippen LogP contribution in [0.4, 0.5) is 0 Å². The van der Waals surface area contributed by atoms with Crippen LogP contribution in [-0.2, 0) is 13.0 Å². The molecule has 0 unspecified atom stereocenters. The first-order chi connectivity index (χ1) is 8.28. The molecule has 0 radical (unpaired) electrons. The van der Waals surface area contributed by atoms with E-state index in [0.717, 1.165) is 12.1 Å².